The Hall–Kier alpha value is -2.32. The maximum absolute atomic E-state index is 13.0. The van der Waals surface area contributed by atoms with Gasteiger partial charge in [-0.15, -0.1) is 5.10 Å². The topological polar surface area (TPSA) is 83.3 Å². The molecule has 5 rings (SSSR count). The zero-order valence-corrected chi connectivity index (χ0v) is 15.8. The number of nitrogens with one attached hydrogen (secondary N) is 1. The first-order chi connectivity index (χ1) is 13.6. The zero-order chi connectivity index (χ0) is 19.5. The van der Waals surface area contributed by atoms with Gasteiger partial charge in [-0.2, -0.15) is 0 Å². The number of aliphatic hydroxyl groups excluding tert-OH is 1. The van der Waals surface area contributed by atoms with E-state index in [1.165, 1.54) is 12.1 Å². The molecule has 2 bridgehead atoms. The number of benzene rings is 1. The van der Waals surface area contributed by atoms with E-state index in [1.54, 1.807) is 12.1 Å². The third-order valence-electron chi connectivity index (χ3n) is 5.95. The molecule has 150 valence electrons. The fourth-order valence-corrected chi connectivity index (χ4v) is 4.42. The van der Waals surface area contributed by atoms with Gasteiger partial charge in [0.1, 0.15) is 5.82 Å². The molecule has 1 aromatic carbocycles. The van der Waals surface area contributed by atoms with Crippen LogP contribution in [0, 0.1) is 17.7 Å². The van der Waals surface area contributed by atoms with Crippen LogP contribution < -0.4 is 5.32 Å². The molecule has 0 spiro atoms. The van der Waals surface area contributed by atoms with Crippen LogP contribution in [0.4, 0.5) is 4.39 Å². The van der Waals surface area contributed by atoms with Gasteiger partial charge in [0, 0.05) is 38.4 Å². The van der Waals surface area contributed by atoms with E-state index in [0.717, 1.165) is 43.7 Å². The summed E-state index contributed by atoms with van der Waals surface area (Å²) in [6, 6.07) is 6.59. The number of aliphatic hydroxyl groups is 1. The highest BCUT2D eigenvalue weighted by atomic mass is 19.1. The first kappa shape index (κ1) is 19.0. The van der Waals surface area contributed by atoms with Crippen molar-refractivity contribution < 1.29 is 14.3 Å². The SMILES string of the molecule is O=C(NCc1ccc(F)cc1)[C@@H]1CN2CC[C@H]1C[C@@H]2Cn1cc(CCO)nn1. The second-order valence-electron chi connectivity index (χ2n) is 7.79. The number of aromatic nitrogens is 3. The molecule has 1 aromatic heterocycles. The number of amides is 1. The van der Waals surface area contributed by atoms with Crippen LogP contribution >= 0.6 is 0 Å². The normalized spacial score (nSPS) is 26.4. The largest absolute Gasteiger partial charge is 0.396 e. The predicted octanol–water partition coefficient (Wildman–Crippen LogP) is 0.979. The minimum atomic E-state index is -0.269. The lowest BCUT2D eigenvalue weighted by Crippen LogP contribution is -2.58. The van der Waals surface area contributed by atoms with Gasteiger partial charge in [-0.3, -0.25) is 14.4 Å². The zero-order valence-electron chi connectivity index (χ0n) is 15.8. The van der Waals surface area contributed by atoms with Gasteiger partial charge in [-0.1, -0.05) is 17.3 Å². The van der Waals surface area contributed by atoms with Gasteiger partial charge in [0.2, 0.25) is 5.91 Å². The predicted molar refractivity (Wildman–Crippen MR) is 101 cm³/mol. The number of piperidine rings is 3. The molecule has 3 fully saturated rings. The summed E-state index contributed by atoms with van der Waals surface area (Å²) in [6.45, 7) is 3.04. The first-order valence-electron chi connectivity index (χ1n) is 9.88. The number of hydrogen-bond acceptors (Lipinski definition) is 5. The fraction of sp³-hybridized carbons (Fsp3) is 0.550. The van der Waals surface area contributed by atoms with E-state index in [1.807, 2.05) is 10.9 Å². The Morgan fingerprint density at radius 3 is 2.86 bits per heavy atom. The summed E-state index contributed by atoms with van der Waals surface area (Å²) >= 11 is 0. The first-order valence-corrected chi connectivity index (χ1v) is 9.88. The number of nitrogens with zero attached hydrogens (tertiary/aromatic N) is 4. The molecule has 4 atom stereocenters. The number of carbonyl (C=O) groups excluding carboxylic acids is 1. The molecule has 0 radical (unpaired) electrons. The van der Waals surface area contributed by atoms with Gasteiger partial charge in [-0.05, 0) is 43.0 Å². The maximum atomic E-state index is 13.0. The van der Waals surface area contributed by atoms with Crippen molar-refractivity contribution in [1.82, 2.24) is 25.2 Å². The number of hydrogen-bond donors (Lipinski definition) is 2. The molecule has 2 aromatic rings. The number of halogens is 1. The Morgan fingerprint density at radius 2 is 2.14 bits per heavy atom. The Morgan fingerprint density at radius 1 is 1.32 bits per heavy atom. The lowest BCUT2D eigenvalue weighted by atomic mass is 9.75. The highest BCUT2D eigenvalue weighted by Gasteiger charge is 2.43. The van der Waals surface area contributed by atoms with E-state index in [0.29, 0.717) is 24.9 Å². The van der Waals surface area contributed by atoms with Gasteiger partial charge in [-0.25, -0.2) is 4.39 Å². The summed E-state index contributed by atoms with van der Waals surface area (Å²) in [5.41, 5.74) is 1.70. The van der Waals surface area contributed by atoms with Crippen LogP contribution in [0.15, 0.2) is 30.5 Å². The number of rotatable bonds is 7. The smallest absolute Gasteiger partial charge is 0.224 e. The van der Waals surface area contributed by atoms with Crippen molar-refractivity contribution in [3.05, 3.63) is 47.5 Å². The Bertz CT molecular complexity index is 809. The summed E-state index contributed by atoms with van der Waals surface area (Å²) in [7, 11) is 0. The average molecular weight is 387 g/mol. The van der Waals surface area contributed by atoms with Crippen LogP contribution in [0.1, 0.15) is 24.1 Å². The van der Waals surface area contributed by atoms with Crippen LogP contribution in [0.25, 0.3) is 0 Å². The molecule has 7 nitrogen and oxygen atoms in total. The van der Waals surface area contributed by atoms with E-state index in [2.05, 4.69) is 20.5 Å². The van der Waals surface area contributed by atoms with Crippen LogP contribution in [0.3, 0.4) is 0 Å². The summed E-state index contributed by atoms with van der Waals surface area (Å²) in [5.74, 6) is 0.202. The quantitative estimate of drug-likeness (QED) is 0.740. The summed E-state index contributed by atoms with van der Waals surface area (Å²) in [4.78, 5) is 15.1. The summed E-state index contributed by atoms with van der Waals surface area (Å²) in [5, 5.41) is 20.3. The van der Waals surface area contributed by atoms with E-state index in [4.69, 9.17) is 5.11 Å². The summed E-state index contributed by atoms with van der Waals surface area (Å²) in [6.07, 6.45) is 4.43. The standard InChI is InChI=1S/C20H26FN5O2/c21-16-3-1-14(2-4-16)10-22-20(28)19-13-25-7-5-15(19)9-18(25)12-26-11-17(6-8-27)23-24-26/h1-4,11,15,18-19,27H,5-10,12-13H2,(H,22,28)/t15-,18+,19+/m0/s1. The monoisotopic (exact) mass is 387 g/mol. The van der Waals surface area contributed by atoms with Gasteiger partial charge in [0.25, 0.3) is 0 Å². The third-order valence-corrected chi connectivity index (χ3v) is 5.95. The molecular formula is C20H26FN5O2. The Kier molecular flexibility index (Phi) is 5.68. The highest BCUT2D eigenvalue weighted by Crippen LogP contribution is 2.37. The molecular weight excluding hydrogens is 361 g/mol. The van der Waals surface area contributed by atoms with Crippen LogP contribution in [-0.4, -0.2) is 56.6 Å². The fourth-order valence-electron chi connectivity index (χ4n) is 4.42. The molecule has 0 saturated carbocycles. The van der Waals surface area contributed by atoms with Crippen LogP contribution in [-0.2, 0) is 24.3 Å². The van der Waals surface area contributed by atoms with Gasteiger partial charge < -0.3 is 10.4 Å². The van der Waals surface area contributed by atoms with Crippen molar-refractivity contribution in [2.45, 2.75) is 38.4 Å². The van der Waals surface area contributed by atoms with Crippen molar-refractivity contribution in [3.8, 4) is 0 Å². The van der Waals surface area contributed by atoms with Crippen molar-refractivity contribution in [3.63, 3.8) is 0 Å². The number of carbonyl (C=O) groups is 1. The second-order valence-corrected chi connectivity index (χ2v) is 7.79. The molecule has 4 heterocycles. The third kappa shape index (κ3) is 4.23. The molecule has 28 heavy (non-hydrogen) atoms. The second kappa shape index (κ2) is 8.36. The van der Waals surface area contributed by atoms with E-state index >= 15 is 0 Å². The lowest BCUT2D eigenvalue weighted by molar-refractivity contribution is -0.133. The minimum Gasteiger partial charge on any atom is -0.396 e. The van der Waals surface area contributed by atoms with Gasteiger partial charge in [0.15, 0.2) is 0 Å². The van der Waals surface area contributed by atoms with Crippen molar-refractivity contribution in [2.75, 3.05) is 19.7 Å². The molecule has 1 unspecified atom stereocenters. The molecule has 1 amide bonds. The van der Waals surface area contributed by atoms with Gasteiger partial charge in [0.05, 0.1) is 18.2 Å². The molecule has 0 aliphatic carbocycles. The average Bonchev–Trinajstić information content (AvgIpc) is 3.15. The van der Waals surface area contributed by atoms with Crippen molar-refractivity contribution in [2.24, 2.45) is 11.8 Å². The van der Waals surface area contributed by atoms with Gasteiger partial charge >= 0.3 is 0 Å². The van der Waals surface area contributed by atoms with Crippen LogP contribution in [0.2, 0.25) is 0 Å². The van der Waals surface area contributed by atoms with E-state index < -0.39 is 0 Å². The Balaban J connectivity index is 1.31. The van der Waals surface area contributed by atoms with E-state index in [9.17, 15) is 9.18 Å². The molecule has 3 saturated heterocycles. The Labute approximate surface area is 163 Å². The molecule has 3 aliphatic heterocycles. The van der Waals surface area contributed by atoms with E-state index in [-0.39, 0.29) is 24.2 Å². The summed E-state index contributed by atoms with van der Waals surface area (Å²) < 4.78 is 14.8. The van der Waals surface area contributed by atoms with Crippen LogP contribution in [0.5, 0.6) is 0 Å². The number of fused-ring (bicyclic) bond motifs is 3. The molecule has 8 heteroatoms. The lowest BCUT2D eigenvalue weighted by Gasteiger charge is -2.49. The molecule has 2 N–H and O–H groups in total. The highest BCUT2D eigenvalue weighted by molar-refractivity contribution is 5.79. The van der Waals surface area contributed by atoms with Crippen molar-refractivity contribution in [1.29, 1.82) is 0 Å². The molecule has 3 aliphatic rings. The van der Waals surface area contributed by atoms with Crippen molar-refractivity contribution >= 4 is 5.91 Å². The minimum absolute atomic E-state index is 0.00569. The maximum Gasteiger partial charge on any atom is 0.224 e.